The third-order valence-electron chi connectivity index (χ3n) is 2.36. The topological polar surface area (TPSA) is 73.6 Å². The van der Waals surface area contributed by atoms with Crippen molar-refractivity contribution < 1.29 is 14.3 Å². The maximum absolute atomic E-state index is 11.8. The molecule has 0 spiro atoms. The van der Waals surface area contributed by atoms with Gasteiger partial charge in [0.2, 0.25) is 5.91 Å². The average Bonchev–Trinajstić information content (AvgIpc) is 2.28. The van der Waals surface area contributed by atoms with Gasteiger partial charge in [0, 0.05) is 24.1 Å². The van der Waals surface area contributed by atoms with E-state index in [-0.39, 0.29) is 12.3 Å². The van der Waals surface area contributed by atoms with Gasteiger partial charge < -0.3 is 20.5 Å². The zero-order chi connectivity index (χ0) is 14.6. The lowest BCUT2D eigenvalue weighted by atomic mass is 10.0. The summed E-state index contributed by atoms with van der Waals surface area (Å²) < 4.78 is 10.3. The molecule has 0 aliphatic carbocycles. The van der Waals surface area contributed by atoms with Crippen LogP contribution in [0.3, 0.4) is 0 Å². The Morgan fingerprint density at radius 1 is 1.32 bits per heavy atom. The second-order valence-corrected chi connectivity index (χ2v) is 5.31. The molecule has 6 heteroatoms. The van der Waals surface area contributed by atoms with Gasteiger partial charge in [-0.15, -0.1) is 0 Å². The molecule has 1 rings (SSSR count). The Morgan fingerprint density at radius 3 is 2.32 bits per heavy atom. The molecule has 1 amide bonds. The Balaban J connectivity index is 2.93. The number of benzene rings is 1. The molecule has 0 atom stereocenters. The number of rotatable bonds is 5. The minimum Gasteiger partial charge on any atom is -0.493 e. The maximum Gasteiger partial charge on any atom is 0.226 e. The lowest BCUT2D eigenvalue weighted by Gasteiger charge is -2.18. The number of anilines is 1. The molecular weight excluding hydrogens is 268 g/mol. The third kappa shape index (κ3) is 4.61. The van der Waals surface area contributed by atoms with Crippen LogP contribution < -0.4 is 20.5 Å². The number of nitrogens with one attached hydrogen (secondary N) is 1. The first kappa shape index (κ1) is 15.6. The van der Waals surface area contributed by atoms with Crippen LogP contribution in [0.25, 0.3) is 0 Å². The van der Waals surface area contributed by atoms with E-state index in [1.165, 1.54) is 14.2 Å². The molecule has 1 aromatic carbocycles. The highest BCUT2D eigenvalue weighted by molar-refractivity contribution is 6.34. The van der Waals surface area contributed by atoms with Gasteiger partial charge in [-0.05, 0) is 13.8 Å². The minimum atomic E-state index is -0.576. The summed E-state index contributed by atoms with van der Waals surface area (Å²) in [7, 11) is 3.03. The van der Waals surface area contributed by atoms with E-state index in [2.05, 4.69) is 5.32 Å². The SMILES string of the molecule is COc1cc(Cl)c(NC(=O)CC(C)(C)N)cc1OC. The van der Waals surface area contributed by atoms with Crippen molar-refractivity contribution in [1.29, 1.82) is 0 Å². The Bertz CT molecular complexity index is 470. The first-order valence-electron chi connectivity index (χ1n) is 5.77. The molecule has 0 bridgehead atoms. The van der Waals surface area contributed by atoms with Crippen molar-refractivity contribution in [3.63, 3.8) is 0 Å². The van der Waals surface area contributed by atoms with Crippen LogP contribution in [0.5, 0.6) is 11.5 Å². The Labute approximate surface area is 118 Å². The highest BCUT2D eigenvalue weighted by Gasteiger charge is 2.18. The quantitative estimate of drug-likeness (QED) is 0.872. The first-order chi connectivity index (χ1) is 8.76. The smallest absolute Gasteiger partial charge is 0.226 e. The molecule has 0 aliphatic heterocycles. The Morgan fingerprint density at radius 2 is 1.84 bits per heavy atom. The Hall–Kier alpha value is -1.46. The molecule has 0 heterocycles. The van der Waals surface area contributed by atoms with Gasteiger partial charge >= 0.3 is 0 Å². The van der Waals surface area contributed by atoms with Crippen molar-refractivity contribution in [3.05, 3.63) is 17.2 Å². The summed E-state index contributed by atoms with van der Waals surface area (Å²) >= 11 is 6.07. The summed E-state index contributed by atoms with van der Waals surface area (Å²) in [6.07, 6.45) is 0.192. The second-order valence-electron chi connectivity index (χ2n) is 4.90. The van der Waals surface area contributed by atoms with E-state index >= 15 is 0 Å². The fourth-order valence-corrected chi connectivity index (χ4v) is 1.76. The van der Waals surface area contributed by atoms with Crippen molar-refractivity contribution in [3.8, 4) is 11.5 Å². The lowest BCUT2D eigenvalue weighted by molar-refractivity contribution is -0.117. The monoisotopic (exact) mass is 286 g/mol. The highest BCUT2D eigenvalue weighted by Crippen LogP contribution is 2.36. The van der Waals surface area contributed by atoms with Crippen molar-refractivity contribution in [2.45, 2.75) is 25.8 Å². The molecule has 3 N–H and O–H groups in total. The molecule has 19 heavy (non-hydrogen) atoms. The van der Waals surface area contributed by atoms with E-state index in [1.807, 2.05) is 0 Å². The molecule has 5 nitrogen and oxygen atoms in total. The average molecular weight is 287 g/mol. The van der Waals surface area contributed by atoms with Crippen molar-refractivity contribution >= 4 is 23.2 Å². The van der Waals surface area contributed by atoms with Gasteiger partial charge in [0.1, 0.15) is 0 Å². The first-order valence-corrected chi connectivity index (χ1v) is 6.15. The van der Waals surface area contributed by atoms with Crippen LogP contribution in [-0.4, -0.2) is 25.7 Å². The van der Waals surface area contributed by atoms with E-state index < -0.39 is 5.54 Å². The summed E-state index contributed by atoms with van der Waals surface area (Å²) in [5.74, 6) is 0.792. The summed E-state index contributed by atoms with van der Waals surface area (Å²) in [5, 5.41) is 3.08. The van der Waals surface area contributed by atoms with Gasteiger partial charge in [-0.1, -0.05) is 11.6 Å². The van der Waals surface area contributed by atoms with Crippen LogP contribution in [-0.2, 0) is 4.79 Å². The number of halogens is 1. The van der Waals surface area contributed by atoms with Gasteiger partial charge in [-0.3, -0.25) is 4.79 Å². The molecule has 0 fully saturated rings. The van der Waals surface area contributed by atoms with E-state index in [0.717, 1.165) is 0 Å². The Kier molecular flexibility index (Phi) is 5.03. The number of carbonyl (C=O) groups excluding carboxylic acids is 1. The normalized spacial score (nSPS) is 11.1. The number of methoxy groups -OCH3 is 2. The van der Waals surface area contributed by atoms with Crippen molar-refractivity contribution in [1.82, 2.24) is 0 Å². The maximum atomic E-state index is 11.8. The standard InChI is InChI=1S/C13H19ClN2O3/c1-13(2,15)7-12(17)16-9-6-11(19-4)10(18-3)5-8(9)14/h5-6H,7,15H2,1-4H3,(H,16,17). The number of hydrogen-bond donors (Lipinski definition) is 2. The summed E-state index contributed by atoms with van der Waals surface area (Å²) in [6, 6.07) is 3.20. The molecule has 0 radical (unpaired) electrons. The number of nitrogens with two attached hydrogens (primary N) is 1. The number of amides is 1. The fraction of sp³-hybridized carbons (Fsp3) is 0.462. The van der Waals surface area contributed by atoms with Crippen LogP contribution in [0.1, 0.15) is 20.3 Å². The van der Waals surface area contributed by atoms with Crippen LogP contribution in [0.2, 0.25) is 5.02 Å². The molecule has 0 unspecified atom stereocenters. The van der Waals surface area contributed by atoms with Crippen LogP contribution in [0.15, 0.2) is 12.1 Å². The van der Waals surface area contributed by atoms with Gasteiger partial charge in [0.05, 0.1) is 24.9 Å². The summed E-state index contributed by atoms with van der Waals surface area (Å²) in [6.45, 7) is 3.56. The van der Waals surface area contributed by atoms with E-state index in [1.54, 1.807) is 26.0 Å². The fourth-order valence-electron chi connectivity index (χ4n) is 1.56. The van der Waals surface area contributed by atoms with Crippen molar-refractivity contribution in [2.75, 3.05) is 19.5 Å². The molecule has 0 saturated carbocycles. The van der Waals surface area contributed by atoms with Crippen LogP contribution >= 0.6 is 11.6 Å². The van der Waals surface area contributed by atoms with Crippen molar-refractivity contribution in [2.24, 2.45) is 5.73 Å². The lowest BCUT2D eigenvalue weighted by Crippen LogP contribution is -2.36. The molecule has 0 aliphatic rings. The van der Waals surface area contributed by atoms with Gasteiger partial charge in [0.15, 0.2) is 11.5 Å². The molecular formula is C13H19ClN2O3. The van der Waals surface area contributed by atoms with E-state index in [4.69, 9.17) is 26.8 Å². The highest BCUT2D eigenvalue weighted by atomic mass is 35.5. The summed E-state index contributed by atoms with van der Waals surface area (Å²) in [5.41, 5.74) is 5.68. The predicted octanol–water partition coefficient (Wildman–Crippen LogP) is 2.42. The van der Waals surface area contributed by atoms with Gasteiger partial charge in [0.25, 0.3) is 0 Å². The number of hydrogen-bond acceptors (Lipinski definition) is 4. The van der Waals surface area contributed by atoms with Crippen LogP contribution in [0.4, 0.5) is 5.69 Å². The van der Waals surface area contributed by atoms with E-state index in [9.17, 15) is 4.79 Å². The zero-order valence-electron chi connectivity index (χ0n) is 11.5. The molecule has 106 valence electrons. The largest absolute Gasteiger partial charge is 0.493 e. The minimum absolute atomic E-state index is 0.192. The predicted molar refractivity (Wildman–Crippen MR) is 76.1 cm³/mol. The van der Waals surface area contributed by atoms with Crippen LogP contribution in [0, 0.1) is 0 Å². The molecule has 1 aromatic rings. The summed E-state index contributed by atoms with van der Waals surface area (Å²) in [4.78, 5) is 11.8. The van der Waals surface area contributed by atoms with E-state index in [0.29, 0.717) is 22.2 Å². The number of ether oxygens (including phenoxy) is 2. The van der Waals surface area contributed by atoms with Gasteiger partial charge in [-0.2, -0.15) is 0 Å². The van der Waals surface area contributed by atoms with Gasteiger partial charge in [-0.25, -0.2) is 0 Å². The number of carbonyl (C=O) groups is 1. The molecule has 0 saturated heterocycles. The third-order valence-corrected chi connectivity index (χ3v) is 2.68. The second kappa shape index (κ2) is 6.12. The zero-order valence-corrected chi connectivity index (χ0v) is 12.3. The molecule has 0 aromatic heterocycles.